The lowest BCUT2D eigenvalue weighted by Crippen LogP contribution is -2.08. The molecule has 6 heteroatoms. The molecule has 0 atom stereocenters. The quantitative estimate of drug-likeness (QED) is 0.805. The van der Waals surface area contributed by atoms with Crippen LogP contribution in [0.5, 0.6) is 11.5 Å². The van der Waals surface area contributed by atoms with E-state index in [1.54, 1.807) is 6.92 Å². The Hall–Kier alpha value is -2.08. The monoisotopic (exact) mass is 291 g/mol. The molecule has 1 N–H and O–H groups in total. The molecule has 2 aromatic rings. The van der Waals surface area contributed by atoms with Gasteiger partial charge in [-0.05, 0) is 19.5 Å². The molecule has 2 rings (SSSR count). The Morgan fingerprint density at radius 3 is 2.76 bits per heavy atom. The lowest BCUT2D eigenvalue weighted by molar-refractivity contribution is 0.254. The Bertz CT molecular complexity index is 569. The molecule has 0 aliphatic heterocycles. The van der Waals surface area contributed by atoms with Gasteiger partial charge in [-0.15, -0.1) is 10.2 Å². The van der Waals surface area contributed by atoms with E-state index in [9.17, 15) is 0 Å². The minimum Gasteiger partial charge on any atom is -0.493 e. The maximum Gasteiger partial charge on any atom is 0.253 e. The van der Waals surface area contributed by atoms with Gasteiger partial charge in [0.2, 0.25) is 5.89 Å². The van der Waals surface area contributed by atoms with Gasteiger partial charge in [0.25, 0.3) is 5.89 Å². The van der Waals surface area contributed by atoms with Gasteiger partial charge in [-0.3, -0.25) is 0 Å². The molecule has 1 aromatic heterocycles. The number of rotatable bonds is 8. The van der Waals surface area contributed by atoms with Crippen LogP contribution in [0.2, 0.25) is 0 Å². The average molecular weight is 291 g/mol. The largest absolute Gasteiger partial charge is 0.493 e. The maximum absolute atomic E-state index is 5.79. The van der Waals surface area contributed by atoms with Gasteiger partial charge in [-0.1, -0.05) is 13.0 Å². The average Bonchev–Trinajstić information content (AvgIpc) is 2.90. The van der Waals surface area contributed by atoms with Gasteiger partial charge < -0.3 is 19.2 Å². The van der Waals surface area contributed by atoms with Crippen LogP contribution in [0.25, 0.3) is 0 Å². The number of hydrogen-bond donors (Lipinski definition) is 1. The molecule has 6 nitrogen and oxygen atoms in total. The van der Waals surface area contributed by atoms with Crippen molar-refractivity contribution < 1.29 is 13.9 Å². The zero-order valence-electron chi connectivity index (χ0n) is 12.7. The summed E-state index contributed by atoms with van der Waals surface area (Å²) < 4.78 is 16.7. The van der Waals surface area contributed by atoms with Gasteiger partial charge in [0.1, 0.15) is 11.5 Å². The SMILES string of the molecule is CCCOc1ccc(CNC)c(OCc2nnc(C)o2)c1. The second-order valence-corrected chi connectivity index (χ2v) is 4.65. The van der Waals surface area contributed by atoms with E-state index in [4.69, 9.17) is 13.9 Å². The van der Waals surface area contributed by atoms with Crippen molar-refractivity contribution in [1.29, 1.82) is 0 Å². The normalized spacial score (nSPS) is 10.6. The molecule has 0 spiro atoms. The Balaban J connectivity index is 2.09. The summed E-state index contributed by atoms with van der Waals surface area (Å²) in [5.41, 5.74) is 1.05. The van der Waals surface area contributed by atoms with Crippen molar-refractivity contribution in [2.45, 2.75) is 33.4 Å². The van der Waals surface area contributed by atoms with Crippen LogP contribution in [-0.2, 0) is 13.2 Å². The van der Waals surface area contributed by atoms with Crippen LogP contribution < -0.4 is 14.8 Å². The standard InChI is InChI=1S/C15H21N3O3/c1-4-7-19-13-6-5-12(9-16-3)14(8-13)20-10-15-18-17-11(2)21-15/h5-6,8,16H,4,7,9-10H2,1-3H3. The molecule has 0 fully saturated rings. The van der Waals surface area contributed by atoms with Crippen molar-refractivity contribution in [3.63, 3.8) is 0 Å². The van der Waals surface area contributed by atoms with Crippen LogP contribution in [0.15, 0.2) is 22.6 Å². The minimum atomic E-state index is 0.245. The maximum atomic E-state index is 5.79. The summed E-state index contributed by atoms with van der Waals surface area (Å²) in [6.45, 7) is 5.47. The zero-order chi connectivity index (χ0) is 15.1. The number of hydrogen-bond acceptors (Lipinski definition) is 6. The first-order valence-electron chi connectivity index (χ1n) is 7.05. The molecule has 21 heavy (non-hydrogen) atoms. The third kappa shape index (κ3) is 4.46. The minimum absolute atomic E-state index is 0.245. The number of ether oxygens (including phenoxy) is 2. The van der Waals surface area contributed by atoms with Gasteiger partial charge in [0.05, 0.1) is 6.61 Å². The number of nitrogens with one attached hydrogen (secondary N) is 1. The molecule has 0 aliphatic carbocycles. The van der Waals surface area contributed by atoms with E-state index in [1.807, 2.05) is 25.2 Å². The second-order valence-electron chi connectivity index (χ2n) is 4.65. The molecule has 0 bridgehead atoms. The predicted molar refractivity (Wildman–Crippen MR) is 78.4 cm³/mol. The molecule has 0 saturated carbocycles. The summed E-state index contributed by atoms with van der Waals surface area (Å²) in [5.74, 6) is 2.55. The topological polar surface area (TPSA) is 69.4 Å². The van der Waals surface area contributed by atoms with E-state index in [-0.39, 0.29) is 6.61 Å². The van der Waals surface area contributed by atoms with E-state index in [0.717, 1.165) is 23.5 Å². The Morgan fingerprint density at radius 1 is 1.24 bits per heavy atom. The van der Waals surface area contributed by atoms with Crippen LogP contribution in [0.3, 0.4) is 0 Å². The van der Waals surface area contributed by atoms with Crippen LogP contribution >= 0.6 is 0 Å². The Kier molecular flexibility index (Phi) is 5.57. The number of aryl methyl sites for hydroxylation is 1. The molecule has 1 aromatic carbocycles. The summed E-state index contributed by atoms with van der Waals surface area (Å²) in [6, 6.07) is 5.84. The second kappa shape index (κ2) is 7.64. The fourth-order valence-electron chi connectivity index (χ4n) is 1.85. The summed E-state index contributed by atoms with van der Waals surface area (Å²) in [7, 11) is 1.90. The zero-order valence-corrected chi connectivity index (χ0v) is 12.7. The van der Waals surface area contributed by atoms with Crippen LogP contribution in [-0.4, -0.2) is 23.9 Å². The third-order valence-electron chi connectivity index (χ3n) is 2.80. The highest BCUT2D eigenvalue weighted by atomic mass is 16.5. The fourth-order valence-corrected chi connectivity index (χ4v) is 1.85. The van der Waals surface area contributed by atoms with Gasteiger partial charge in [0, 0.05) is 25.1 Å². The van der Waals surface area contributed by atoms with E-state index in [1.165, 1.54) is 0 Å². The molecule has 0 saturated heterocycles. The van der Waals surface area contributed by atoms with Gasteiger partial charge in [0.15, 0.2) is 6.61 Å². The lowest BCUT2D eigenvalue weighted by Gasteiger charge is -2.12. The number of benzene rings is 1. The van der Waals surface area contributed by atoms with E-state index < -0.39 is 0 Å². The summed E-state index contributed by atoms with van der Waals surface area (Å²) in [5, 5.41) is 10.8. The lowest BCUT2D eigenvalue weighted by atomic mass is 10.2. The highest BCUT2D eigenvalue weighted by molar-refractivity contribution is 5.40. The van der Waals surface area contributed by atoms with Crippen molar-refractivity contribution in [1.82, 2.24) is 15.5 Å². The van der Waals surface area contributed by atoms with Crippen molar-refractivity contribution in [2.75, 3.05) is 13.7 Å². The number of aromatic nitrogens is 2. The Labute approximate surface area is 124 Å². The highest BCUT2D eigenvalue weighted by Gasteiger charge is 2.09. The highest BCUT2D eigenvalue weighted by Crippen LogP contribution is 2.26. The summed E-state index contributed by atoms with van der Waals surface area (Å²) in [4.78, 5) is 0. The van der Waals surface area contributed by atoms with Gasteiger partial charge >= 0.3 is 0 Å². The molecule has 0 amide bonds. The summed E-state index contributed by atoms with van der Waals surface area (Å²) >= 11 is 0. The molecule has 1 heterocycles. The summed E-state index contributed by atoms with van der Waals surface area (Å²) in [6.07, 6.45) is 0.968. The molecule has 0 aliphatic rings. The molecule has 114 valence electrons. The van der Waals surface area contributed by atoms with Crippen molar-refractivity contribution in [3.8, 4) is 11.5 Å². The third-order valence-corrected chi connectivity index (χ3v) is 2.80. The molecular formula is C15H21N3O3. The first-order chi connectivity index (χ1) is 10.2. The van der Waals surface area contributed by atoms with E-state index >= 15 is 0 Å². The smallest absolute Gasteiger partial charge is 0.253 e. The predicted octanol–water partition coefficient (Wildman–Crippen LogP) is 2.47. The van der Waals surface area contributed by atoms with Gasteiger partial charge in [-0.25, -0.2) is 0 Å². The van der Waals surface area contributed by atoms with Crippen molar-refractivity contribution >= 4 is 0 Å². The number of nitrogens with zero attached hydrogens (tertiary/aromatic N) is 2. The first-order valence-corrected chi connectivity index (χ1v) is 7.05. The van der Waals surface area contributed by atoms with Crippen molar-refractivity contribution in [2.24, 2.45) is 0 Å². The first kappa shape index (κ1) is 15.3. The molecule has 0 unspecified atom stereocenters. The van der Waals surface area contributed by atoms with Crippen LogP contribution in [0.4, 0.5) is 0 Å². The van der Waals surface area contributed by atoms with Gasteiger partial charge in [-0.2, -0.15) is 0 Å². The Morgan fingerprint density at radius 2 is 2.10 bits per heavy atom. The molecular weight excluding hydrogens is 270 g/mol. The fraction of sp³-hybridized carbons (Fsp3) is 0.467. The van der Waals surface area contributed by atoms with Crippen molar-refractivity contribution in [3.05, 3.63) is 35.5 Å². The van der Waals surface area contributed by atoms with E-state index in [2.05, 4.69) is 22.4 Å². The van der Waals surface area contributed by atoms with Crippen LogP contribution in [0, 0.1) is 6.92 Å². The van der Waals surface area contributed by atoms with Crippen LogP contribution in [0.1, 0.15) is 30.7 Å². The van der Waals surface area contributed by atoms with E-state index in [0.29, 0.717) is 24.9 Å². The molecule has 0 radical (unpaired) electrons.